The van der Waals surface area contributed by atoms with Crippen LogP contribution in [0.3, 0.4) is 0 Å². The fourth-order valence-electron chi connectivity index (χ4n) is 1.32. The molecule has 0 bridgehead atoms. The van der Waals surface area contributed by atoms with Crippen LogP contribution in [-0.4, -0.2) is 10.5 Å². The van der Waals surface area contributed by atoms with Gasteiger partial charge in [-0.05, 0) is 25.7 Å². The average Bonchev–Trinajstić information content (AvgIpc) is 1.88. The quantitative estimate of drug-likeness (QED) is 0.462. The minimum atomic E-state index is 0. The van der Waals surface area contributed by atoms with Crippen molar-refractivity contribution >= 4 is 29.2 Å². The molecule has 0 aliphatic heterocycles. The Labute approximate surface area is 138 Å². The van der Waals surface area contributed by atoms with E-state index in [1.54, 1.807) is 0 Å². The van der Waals surface area contributed by atoms with Gasteiger partial charge in [0.15, 0.2) is 0 Å². The summed E-state index contributed by atoms with van der Waals surface area (Å²) in [5.74, 6) is 0. The van der Waals surface area contributed by atoms with Crippen LogP contribution in [0.15, 0.2) is 0 Å². The third kappa shape index (κ3) is 6.26. The normalized spacial score (nSPS) is 18.5. The molecule has 0 saturated heterocycles. The number of ether oxygens (including phenoxy) is 1. The van der Waals surface area contributed by atoms with E-state index in [9.17, 15) is 0 Å². The molecule has 1 rings (SSSR count). The maximum absolute atomic E-state index is 5.24. The topological polar surface area (TPSA) is 9.23 Å². The summed E-state index contributed by atoms with van der Waals surface area (Å²) in [5.41, 5.74) is 0. The van der Waals surface area contributed by atoms with Gasteiger partial charge in [-0.2, -0.15) is 0 Å². The van der Waals surface area contributed by atoms with Gasteiger partial charge < -0.3 is 29.6 Å². The molecule has 0 atom stereocenters. The van der Waals surface area contributed by atoms with Gasteiger partial charge in [0.25, 0.3) is 0 Å². The smallest absolute Gasteiger partial charge is 0.510 e. The first kappa shape index (κ1) is 13.2. The van der Waals surface area contributed by atoms with E-state index >= 15 is 0 Å². The van der Waals surface area contributed by atoms with Crippen LogP contribution in [0.25, 0.3) is 0 Å². The Morgan fingerprint density at radius 3 is 2.27 bits per heavy atom. The summed E-state index contributed by atoms with van der Waals surface area (Å²) in [6, 6.07) is 0. The van der Waals surface area contributed by atoms with Crippen LogP contribution >= 0.6 is 12.2 Å². The Morgan fingerprint density at radius 1 is 1.27 bits per heavy atom. The molecular formula is C7H11CsOS2. The van der Waals surface area contributed by atoms with E-state index in [1.807, 2.05) is 0 Å². The summed E-state index contributed by atoms with van der Waals surface area (Å²) in [7, 11) is 0. The maximum atomic E-state index is 5.24. The van der Waals surface area contributed by atoms with E-state index in [0.717, 1.165) is 12.8 Å². The average molecular weight is 308 g/mol. The Balaban J connectivity index is 0.000001000. The van der Waals surface area contributed by atoms with Crippen molar-refractivity contribution in [3.05, 3.63) is 0 Å². The van der Waals surface area contributed by atoms with Crippen LogP contribution in [0, 0.1) is 0 Å². The molecule has 58 valence electrons. The standard InChI is InChI=1S/C7H12OS2.Cs/c9-7(10)8-6-4-2-1-3-5-6;/h6H,1-5H2,(H,9,10);/q;+1/p-1. The van der Waals surface area contributed by atoms with Gasteiger partial charge in [-0.25, -0.2) is 0 Å². The molecule has 0 heterocycles. The zero-order valence-corrected chi connectivity index (χ0v) is 14.8. The second-order valence-corrected chi connectivity index (χ2v) is 3.63. The summed E-state index contributed by atoms with van der Waals surface area (Å²) in [4.78, 5) is 0. The van der Waals surface area contributed by atoms with Crippen LogP contribution in [0.1, 0.15) is 32.1 Å². The molecule has 1 aliphatic rings. The third-order valence-corrected chi connectivity index (χ3v) is 2.01. The molecule has 0 N–H and O–H groups in total. The van der Waals surface area contributed by atoms with Gasteiger partial charge in [-0.1, -0.05) is 6.42 Å². The molecular weight excluding hydrogens is 297 g/mol. The Kier molecular flexibility index (Phi) is 9.04. The number of thiocarbonyl (C=S) groups is 1. The summed E-state index contributed by atoms with van der Waals surface area (Å²) in [5, 5.41) is 0. The van der Waals surface area contributed by atoms with Crippen LogP contribution in [-0.2, 0) is 17.4 Å². The largest absolute Gasteiger partial charge is 1.00 e. The first-order valence-corrected chi connectivity index (χ1v) is 4.48. The molecule has 11 heavy (non-hydrogen) atoms. The van der Waals surface area contributed by atoms with E-state index in [1.165, 1.54) is 19.3 Å². The summed E-state index contributed by atoms with van der Waals surface area (Å²) < 4.78 is 5.52. The van der Waals surface area contributed by atoms with Crippen molar-refractivity contribution < 1.29 is 73.6 Å². The molecule has 0 aromatic rings. The van der Waals surface area contributed by atoms with Crippen molar-refractivity contribution in [3.8, 4) is 0 Å². The Bertz CT molecular complexity index is 124. The number of rotatable bonds is 1. The summed E-state index contributed by atoms with van der Waals surface area (Å²) in [6.45, 7) is 0. The molecule has 1 aliphatic carbocycles. The zero-order chi connectivity index (χ0) is 7.40. The minimum Gasteiger partial charge on any atom is -0.510 e. The van der Waals surface area contributed by atoms with Crippen molar-refractivity contribution in [1.82, 2.24) is 0 Å². The molecule has 0 aromatic carbocycles. The van der Waals surface area contributed by atoms with Gasteiger partial charge >= 0.3 is 68.9 Å². The van der Waals surface area contributed by atoms with E-state index in [4.69, 9.17) is 4.74 Å². The van der Waals surface area contributed by atoms with Crippen molar-refractivity contribution in [2.45, 2.75) is 38.2 Å². The van der Waals surface area contributed by atoms with E-state index in [-0.39, 0.29) is 73.3 Å². The van der Waals surface area contributed by atoms with Crippen LogP contribution in [0.4, 0.5) is 0 Å². The molecule has 1 nitrogen and oxygen atoms in total. The van der Waals surface area contributed by atoms with E-state index in [0.29, 0.717) is 6.10 Å². The first-order valence-electron chi connectivity index (χ1n) is 3.66. The van der Waals surface area contributed by atoms with E-state index < -0.39 is 0 Å². The Morgan fingerprint density at radius 2 is 1.82 bits per heavy atom. The van der Waals surface area contributed by atoms with Crippen molar-refractivity contribution in [1.29, 1.82) is 0 Å². The van der Waals surface area contributed by atoms with Crippen molar-refractivity contribution in [2.24, 2.45) is 0 Å². The predicted molar refractivity (Wildman–Crippen MR) is 47.9 cm³/mol. The fraction of sp³-hybridized carbons (Fsp3) is 0.857. The Hall–Kier alpha value is 2.16. The molecule has 0 radical (unpaired) electrons. The summed E-state index contributed by atoms with van der Waals surface area (Å²) in [6.07, 6.45) is 6.47. The predicted octanol–water partition coefficient (Wildman–Crippen LogP) is -0.828. The van der Waals surface area contributed by atoms with Crippen molar-refractivity contribution in [3.63, 3.8) is 0 Å². The molecule has 1 saturated carbocycles. The van der Waals surface area contributed by atoms with Crippen LogP contribution in [0.2, 0.25) is 0 Å². The molecule has 1 fully saturated rings. The number of hydrogen-bond acceptors (Lipinski definition) is 3. The van der Waals surface area contributed by atoms with Crippen molar-refractivity contribution in [2.75, 3.05) is 0 Å². The van der Waals surface area contributed by atoms with Gasteiger partial charge in [-0.3, -0.25) is 0 Å². The summed E-state index contributed by atoms with van der Waals surface area (Å²) >= 11 is 9.34. The maximum Gasteiger partial charge on any atom is 1.00 e. The molecule has 0 spiro atoms. The van der Waals surface area contributed by atoms with Crippen LogP contribution < -0.4 is 68.9 Å². The van der Waals surface area contributed by atoms with Gasteiger partial charge in [-0.15, -0.1) is 0 Å². The molecule has 0 amide bonds. The third-order valence-electron chi connectivity index (χ3n) is 1.82. The van der Waals surface area contributed by atoms with Crippen LogP contribution in [0.5, 0.6) is 0 Å². The van der Waals surface area contributed by atoms with Gasteiger partial charge in [0.05, 0.1) is 6.10 Å². The monoisotopic (exact) mass is 308 g/mol. The van der Waals surface area contributed by atoms with Gasteiger partial charge in [0.1, 0.15) is 0 Å². The van der Waals surface area contributed by atoms with Gasteiger partial charge in [0.2, 0.25) is 0 Å². The van der Waals surface area contributed by atoms with E-state index in [2.05, 4.69) is 24.8 Å². The number of hydrogen-bond donors (Lipinski definition) is 0. The molecule has 0 aromatic heterocycles. The first-order chi connectivity index (χ1) is 4.79. The molecule has 0 unspecified atom stereocenters. The van der Waals surface area contributed by atoms with Gasteiger partial charge in [0, 0.05) is 4.38 Å². The SMILES string of the molecule is S=C([S-])OC1CCCCC1.[Cs+]. The zero-order valence-electron chi connectivity index (χ0n) is 6.84. The second-order valence-electron chi connectivity index (χ2n) is 2.63. The minimum absolute atomic E-state index is 0. The fourth-order valence-corrected chi connectivity index (χ4v) is 1.59. The molecule has 4 heteroatoms. The second kappa shape index (κ2) is 7.56.